The second-order valence-electron chi connectivity index (χ2n) is 25.3. The molecular weight excluding hydrogens is 1120 g/mol. The number of rotatable bonds is 54. The third kappa shape index (κ3) is 33.1. The number of carbonyl (C=O) groups excluding carboxylic acids is 1. The summed E-state index contributed by atoms with van der Waals surface area (Å²) < 4.78 is 34.3. The van der Waals surface area contributed by atoms with Crippen molar-refractivity contribution in [3.8, 4) is 0 Å². The maximum Gasteiger partial charge on any atom is 0.220 e. The Hall–Kier alpha value is -1.73. The largest absolute Gasteiger partial charge is 0.394 e. The van der Waals surface area contributed by atoms with Gasteiger partial charge in [0.15, 0.2) is 18.9 Å². The van der Waals surface area contributed by atoms with Crippen LogP contribution in [-0.4, -0.2) is 193 Å². The highest BCUT2D eigenvalue weighted by atomic mass is 16.8. The van der Waals surface area contributed by atoms with Crippen molar-refractivity contribution >= 4 is 5.91 Å². The Morgan fingerprint density at radius 3 is 1.15 bits per heavy atom. The van der Waals surface area contributed by atoms with E-state index in [-0.39, 0.29) is 18.9 Å². The molecule has 12 N–H and O–H groups in total. The second kappa shape index (κ2) is 50.8. The van der Waals surface area contributed by atoms with Crippen molar-refractivity contribution in [1.82, 2.24) is 5.32 Å². The van der Waals surface area contributed by atoms with Gasteiger partial charge >= 0.3 is 0 Å². The summed E-state index contributed by atoms with van der Waals surface area (Å²) in [6.45, 7) is 1.75. The summed E-state index contributed by atoms with van der Waals surface area (Å²) in [4.78, 5) is 13.4. The van der Waals surface area contributed by atoms with Gasteiger partial charge in [0.2, 0.25) is 5.91 Å². The average molecular weight is 1250 g/mol. The van der Waals surface area contributed by atoms with Crippen LogP contribution in [0.4, 0.5) is 0 Å². The number of aliphatic hydroxyl groups excluding tert-OH is 11. The molecule has 0 aromatic carbocycles. The SMILES string of the molecule is CCCCCCCCCCCCCCCCCC/C=C/CC/C=C/C(O)C(COC1OC(CO)C(OC2OC(CO)C(OC3OC(CO)C(O)C(O)C3O)C(O)C2O)C(O)C1O)NC(=O)CCCCCCCCCCCCCCCCCCCCCC. The van der Waals surface area contributed by atoms with E-state index in [1.165, 1.54) is 199 Å². The lowest BCUT2D eigenvalue weighted by molar-refractivity contribution is -0.379. The zero-order chi connectivity index (χ0) is 63.3. The fraction of sp³-hybridized carbons (Fsp3) is 0.926. The fourth-order valence-electron chi connectivity index (χ4n) is 12.0. The van der Waals surface area contributed by atoms with E-state index in [2.05, 4.69) is 31.3 Å². The Morgan fingerprint density at radius 2 is 0.736 bits per heavy atom. The Bertz CT molecular complexity index is 1680. The summed E-state index contributed by atoms with van der Waals surface area (Å²) in [5.74, 6) is -0.280. The van der Waals surface area contributed by atoms with Crippen molar-refractivity contribution in [1.29, 1.82) is 0 Å². The number of allylic oxidation sites excluding steroid dienone is 3. The molecule has 0 saturated carbocycles. The summed E-state index contributed by atoms with van der Waals surface area (Å²) in [6, 6.07) is -0.986. The van der Waals surface area contributed by atoms with Crippen LogP contribution < -0.4 is 5.32 Å². The van der Waals surface area contributed by atoms with Crippen LogP contribution in [0.25, 0.3) is 0 Å². The number of unbranched alkanes of at least 4 members (excludes halogenated alkanes) is 36. The molecule has 3 rings (SSSR count). The summed E-state index contributed by atoms with van der Waals surface area (Å²) in [6.07, 6.45) is 30.1. The molecule has 0 aromatic heterocycles. The van der Waals surface area contributed by atoms with Crippen LogP contribution in [0, 0.1) is 0 Å². The quantitative estimate of drug-likeness (QED) is 0.0200. The van der Waals surface area contributed by atoms with E-state index in [0.717, 1.165) is 38.5 Å². The summed E-state index contributed by atoms with van der Waals surface area (Å²) in [7, 11) is 0. The monoisotopic (exact) mass is 1250 g/mol. The molecule has 0 aliphatic carbocycles. The van der Waals surface area contributed by atoms with E-state index in [1.54, 1.807) is 6.08 Å². The van der Waals surface area contributed by atoms with E-state index in [9.17, 15) is 61.0 Å². The fourth-order valence-corrected chi connectivity index (χ4v) is 12.0. The highest BCUT2D eigenvalue weighted by Gasteiger charge is 2.53. The minimum atomic E-state index is -1.98. The van der Waals surface area contributed by atoms with Gasteiger partial charge in [0.25, 0.3) is 0 Å². The van der Waals surface area contributed by atoms with Crippen molar-refractivity contribution in [3.63, 3.8) is 0 Å². The normalized spacial score (nSPS) is 28.7. The van der Waals surface area contributed by atoms with Crippen LogP contribution >= 0.6 is 0 Å². The molecule has 1 amide bonds. The number of nitrogens with one attached hydrogen (secondary N) is 1. The van der Waals surface area contributed by atoms with Gasteiger partial charge in [-0.2, -0.15) is 0 Å². The third-order valence-electron chi connectivity index (χ3n) is 17.8. The van der Waals surface area contributed by atoms with Gasteiger partial charge in [0.1, 0.15) is 73.2 Å². The minimum Gasteiger partial charge on any atom is -0.394 e. The van der Waals surface area contributed by atoms with Gasteiger partial charge in [0.05, 0.1) is 38.6 Å². The van der Waals surface area contributed by atoms with Crippen molar-refractivity contribution < 1.29 is 89.4 Å². The van der Waals surface area contributed by atoms with E-state index in [0.29, 0.717) is 12.8 Å². The maximum atomic E-state index is 13.4. The van der Waals surface area contributed by atoms with Crippen molar-refractivity contribution in [2.24, 2.45) is 0 Å². The molecule has 17 atom stereocenters. The predicted molar refractivity (Wildman–Crippen MR) is 337 cm³/mol. The van der Waals surface area contributed by atoms with Crippen LogP contribution in [0.5, 0.6) is 0 Å². The van der Waals surface area contributed by atoms with E-state index in [1.807, 2.05) is 6.08 Å². The summed E-state index contributed by atoms with van der Waals surface area (Å²) in [5, 5.41) is 120. The zero-order valence-corrected chi connectivity index (χ0v) is 54.0. The Kier molecular flexibility index (Phi) is 46.4. The molecule has 0 aromatic rings. The number of hydrogen-bond acceptors (Lipinski definition) is 18. The molecule has 0 spiro atoms. The highest BCUT2D eigenvalue weighted by Crippen LogP contribution is 2.33. The van der Waals surface area contributed by atoms with Gasteiger partial charge in [-0.3, -0.25) is 4.79 Å². The van der Waals surface area contributed by atoms with Crippen LogP contribution in [0.15, 0.2) is 24.3 Å². The maximum absolute atomic E-state index is 13.4. The van der Waals surface area contributed by atoms with E-state index < -0.39 is 124 Å². The van der Waals surface area contributed by atoms with Gasteiger partial charge in [-0.05, 0) is 32.1 Å². The molecule has 3 heterocycles. The first-order valence-corrected chi connectivity index (χ1v) is 35.1. The second-order valence-corrected chi connectivity index (χ2v) is 25.3. The zero-order valence-electron chi connectivity index (χ0n) is 54.0. The summed E-state index contributed by atoms with van der Waals surface area (Å²) >= 11 is 0. The van der Waals surface area contributed by atoms with E-state index >= 15 is 0 Å². The Morgan fingerprint density at radius 1 is 0.402 bits per heavy atom. The lowest BCUT2D eigenvalue weighted by atomic mass is 9.96. The molecule has 17 unspecified atom stereocenters. The predicted octanol–water partition coefficient (Wildman–Crippen LogP) is 9.05. The standard InChI is InChI=1S/C68H127NO18/c1-3-5-7-9-11-13-15-17-19-21-23-25-26-27-29-31-33-35-37-39-41-43-45-52(73)51(69-56(74)46-44-42-40-38-36-34-32-30-28-24-22-20-18-16-14-12-10-8-6-4-2)50-82-66-62(80)59(77)64(54(48-71)84-66)87-68-63(81)60(78)65(55(49-72)85-68)86-67-61(79)58(76)57(75)53(47-70)83-67/h35,37,43,45,51-55,57-68,70-73,75-81H,3-34,36,38-42,44,46-50H2,1-2H3,(H,69,74)/b37-35+,45-43+. The minimum absolute atomic E-state index is 0.241. The lowest BCUT2D eigenvalue weighted by Gasteiger charge is -2.48. The molecular formula is C68H127NO18. The molecule has 19 nitrogen and oxygen atoms in total. The number of carbonyl (C=O) groups is 1. The van der Waals surface area contributed by atoms with Gasteiger partial charge in [-0.25, -0.2) is 0 Å². The first-order chi connectivity index (χ1) is 42.3. The van der Waals surface area contributed by atoms with E-state index in [4.69, 9.17) is 28.4 Å². The van der Waals surface area contributed by atoms with Crippen molar-refractivity contribution in [2.75, 3.05) is 26.4 Å². The van der Waals surface area contributed by atoms with Crippen LogP contribution in [0.2, 0.25) is 0 Å². The molecule has 87 heavy (non-hydrogen) atoms. The third-order valence-corrected chi connectivity index (χ3v) is 17.8. The van der Waals surface area contributed by atoms with Crippen molar-refractivity contribution in [3.05, 3.63) is 24.3 Å². The highest BCUT2D eigenvalue weighted by molar-refractivity contribution is 5.76. The van der Waals surface area contributed by atoms with Crippen LogP contribution in [0.1, 0.15) is 271 Å². The number of ether oxygens (including phenoxy) is 6. The van der Waals surface area contributed by atoms with Crippen LogP contribution in [0.3, 0.4) is 0 Å². The topological polar surface area (TPSA) is 307 Å². The molecule has 3 fully saturated rings. The average Bonchev–Trinajstić information content (AvgIpc) is 2.87. The molecule has 3 saturated heterocycles. The number of aliphatic hydroxyl groups is 11. The molecule has 512 valence electrons. The number of hydrogen-bond donors (Lipinski definition) is 12. The van der Waals surface area contributed by atoms with Gasteiger partial charge in [-0.15, -0.1) is 0 Å². The Balaban J connectivity index is 1.46. The molecule has 3 aliphatic heterocycles. The van der Waals surface area contributed by atoms with Gasteiger partial charge in [0, 0.05) is 6.42 Å². The molecule has 0 bridgehead atoms. The summed E-state index contributed by atoms with van der Waals surface area (Å²) in [5.41, 5.74) is 0. The Labute approximate surface area is 524 Å². The first kappa shape index (κ1) is 79.5. The molecule has 3 aliphatic rings. The first-order valence-electron chi connectivity index (χ1n) is 35.1. The van der Waals surface area contributed by atoms with Gasteiger partial charge in [-0.1, -0.05) is 256 Å². The number of amides is 1. The lowest BCUT2D eigenvalue weighted by Crippen LogP contribution is -2.66. The van der Waals surface area contributed by atoms with Crippen molar-refractivity contribution in [2.45, 2.75) is 375 Å². The van der Waals surface area contributed by atoms with Gasteiger partial charge < -0.3 is 89.9 Å². The molecule has 0 radical (unpaired) electrons. The van der Waals surface area contributed by atoms with Crippen LogP contribution in [-0.2, 0) is 33.2 Å². The molecule has 19 heteroatoms. The smallest absolute Gasteiger partial charge is 0.220 e.